The summed E-state index contributed by atoms with van der Waals surface area (Å²) in [6, 6.07) is 14.6. The number of rotatable bonds is 7. The van der Waals surface area contributed by atoms with Crippen molar-refractivity contribution in [1.29, 1.82) is 0 Å². The number of carbonyl (C=O) groups excluding carboxylic acids is 2. The second kappa shape index (κ2) is 12.0. The Morgan fingerprint density at radius 2 is 1.77 bits per heavy atom. The van der Waals surface area contributed by atoms with Crippen LogP contribution in [0.3, 0.4) is 0 Å². The van der Waals surface area contributed by atoms with Crippen molar-refractivity contribution in [2.24, 2.45) is 4.99 Å². The first-order chi connectivity index (χ1) is 20.8. The molecule has 0 N–H and O–H groups in total. The van der Waals surface area contributed by atoms with Crippen molar-refractivity contribution in [3.63, 3.8) is 0 Å². The molecule has 0 bridgehead atoms. The van der Waals surface area contributed by atoms with Gasteiger partial charge in [-0.15, -0.1) is 0 Å². The third kappa shape index (κ3) is 5.36. The van der Waals surface area contributed by atoms with Crippen LogP contribution in [0.2, 0.25) is 5.02 Å². The average Bonchev–Trinajstić information content (AvgIpc) is 3.73. The number of benzene rings is 2. The summed E-state index contributed by atoms with van der Waals surface area (Å²) in [6.45, 7) is 8.68. The highest BCUT2D eigenvalue weighted by Crippen LogP contribution is 2.32. The molecule has 2 amide bonds. The highest BCUT2D eigenvalue weighted by molar-refractivity contribution is 7.07. The summed E-state index contributed by atoms with van der Waals surface area (Å²) >= 11 is 7.52. The summed E-state index contributed by atoms with van der Waals surface area (Å²) in [6.07, 6.45) is 5.92. The van der Waals surface area contributed by atoms with Crippen molar-refractivity contribution in [1.82, 2.24) is 18.9 Å². The van der Waals surface area contributed by atoms with E-state index in [1.807, 2.05) is 78.9 Å². The van der Waals surface area contributed by atoms with E-state index in [0.717, 1.165) is 48.0 Å². The minimum absolute atomic E-state index is 0.105. The van der Waals surface area contributed by atoms with E-state index in [-0.39, 0.29) is 23.9 Å². The average molecular weight is 616 g/mol. The molecule has 2 aliphatic rings. The SMILES string of the molecule is CCN(CC)C(=O)C1=C(C)N=c2s/c(=C\c3cn(CC(=O)N4CCCC4)c4ccccc34)c(=O)n2[C@@H]1c1ccc(Cl)cc1. The van der Waals surface area contributed by atoms with Crippen LogP contribution in [-0.4, -0.2) is 56.9 Å². The van der Waals surface area contributed by atoms with Gasteiger partial charge in [-0.05, 0) is 63.5 Å². The number of amides is 2. The first kappa shape index (κ1) is 29.1. The first-order valence-electron chi connectivity index (χ1n) is 14.7. The van der Waals surface area contributed by atoms with Crippen LogP contribution in [0, 0.1) is 0 Å². The van der Waals surface area contributed by atoms with Crippen molar-refractivity contribution in [2.75, 3.05) is 26.2 Å². The molecule has 0 saturated carbocycles. The highest BCUT2D eigenvalue weighted by Gasteiger charge is 2.34. The van der Waals surface area contributed by atoms with Gasteiger partial charge in [0.2, 0.25) is 5.91 Å². The van der Waals surface area contributed by atoms with Gasteiger partial charge < -0.3 is 14.4 Å². The zero-order valence-electron chi connectivity index (χ0n) is 24.5. The zero-order valence-corrected chi connectivity index (χ0v) is 26.1. The second-order valence-corrected chi connectivity index (χ2v) is 12.4. The zero-order chi connectivity index (χ0) is 30.2. The predicted molar refractivity (Wildman–Crippen MR) is 171 cm³/mol. The second-order valence-electron chi connectivity index (χ2n) is 10.9. The molecule has 1 fully saturated rings. The van der Waals surface area contributed by atoms with E-state index in [4.69, 9.17) is 16.6 Å². The number of carbonyl (C=O) groups is 2. The Kier molecular flexibility index (Phi) is 8.11. The summed E-state index contributed by atoms with van der Waals surface area (Å²) in [5.41, 5.74) is 3.46. The maximum atomic E-state index is 14.2. The molecule has 8 nitrogen and oxygen atoms in total. The molecule has 1 atom stereocenters. The molecule has 4 aromatic rings. The van der Waals surface area contributed by atoms with E-state index in [0.29, 0.717) is 38.7 Å². The molecular weight excluding hydrogens is 582 g/mol. The molecule has 222 valence electrons. The Morgan fingerprint density at radius 3 is 2.47 bits per heavy atom. The Bertz CT molecular complexity index is 1930. The summed E-state index contributed by atoms with van der Waals surface area (Å²) in [5.74, 6) is -0.0285. The Morgan fingerprint density at radius 1 is 1.07 bits per heavy atom. The maximum Gasteiger partial charge on any atom is 0.271 e. The number of para-hydroxylation sites is 1. The van der Waals surface area contributed by atoms with Gasteiger partial charge in [0.05, 0.1) is 21.8 Å². The normalized spacial score (nSPS) is 17.0. The summed E-state index contributed by atoms with van der Waals surface area (Å²) < 4.78 is 4.12. The van der Waals surface area contributed by atoms with Crippen molar-refractivity contribution < 1.29 is 9.59 Å². The van der Waals surface area contributed by atoms with Crippen LogP contribution in [0.25, 0.3) is 17.0 Å². The Balaban J connectivity index is 1.48. The molecule has 0 aliphatic carbocycles. The van der Waals surface area contributed by atoms with Crippen LogP contribution in [0.15, 0.2) is 75.8 Å². The van der Waals surface area contributed by atoms with Crippen LogP contribution in [0.1, 0.15) is 50.8 Å². The predicted octanol–water partition coefficient (Wildman–Crippen LogP) is 4.33. The lowest BCUT2D eigenvalue weighted by Gasteiger charge is -2.29. The van der Waals surface area contributed by atoms with Crippen LogP contribution < -0.4 is 14.9 Å². The number of halogens is 1. The van der Waals surface area contributed by atoms with E-state index in [9.17, 15) is 14.4 Å². The summed E-state index contributed by atoms with van der Waals surface area (Å²) in [4.78, 5) is 50.0. The third-order valence-electron chi connectivity index (χ3n) is 8.36. The van der Waals surface area contributed by atoms with E-state index in [1.54, 1.807) is 21.6 Å². The molecule has 43 heavy (non-hydrogen) atoms. The van der Waals surface area contributed by atoms with Crippen molar-refractivity contribution in [2.45, 2.75) is 46.2 Å². The van der Waals surface area contributed by atoms with Gasteiger partial charge in [0, 0.05) is 53.9 Å². The lowest BCUT2D eigenvalue weighted by atomic mass is 9.94. The van der Waals surface area contributed by atoms with Crippen LogP contribution in [0.4, 0.5) is 0 Å². The van der Waals surface area contributed by atoms with E-state index in [1.165, 1.54) is 11.3 Å². The van der Waals surface area contributed by atoms with Gasteiger partial charge in [-0.1, -0.05) is 53.3 Å². The molecule has 1 saturated heterocycles. The van der Waals surface area contributed by atoms with Crippen molar-refractivity contribution in [3.05, 3.63) is 102 Å². The number of likely N-dealkylation sites (N-methyl/N-ethyl adjacent to an activating group) is 1. The van der Waals surface area contributed by atoms with E-state index >= 15 is 0 Å². The van der Waals surface area contributed by atoms with Gasteiger partial charge in [0.1, 0.15) is 6.54 Å². The lowest BCUT2D eigenvalue weighted by Crippen LogP contribution is -2.43. The number of thiazole rings is 1. The smallest absolute Gasteiger partial charge is 0.271 e. The third-order valence-corrected chi connectivity index (χ3v) is 9.59. The number of nitrogens with zero attached hydrogens (tertiary/aromatic N) is 5. The minimum Gasteiger partial charge on any atom is -0.341 e. The largest absolute Gasteiger partial charge is 0.341 e. The van der Waals surface area contributed by atoms with Gasteiger partial charge in [-0.2, -0.15) is 0 Å². The Hall–Kier alpha value is -3.95. The number of fused-ring (bicyclic) bond motifs is 2. The van der Waals surface area contributed by atoms with Crippen LogP contribution >= 0.6 is 22.9 Å². The number of likely N-dealkylation sites (tertiary alicyclic amines) is 1. The monoisotopic (exact) mass is 615 g/mol. The number of hydrogen-bond acceptors (Lipinski definition) is 5. The van der Waals surface area contributed by atoms with Gasteiger partial charge in [-0.25, -0.2) is 4.99 Å². The molecule has 10 heteroatoms. The molecular formula is C33H34ClN5O3S. The topological polar surface area (TPSA) is 79.9 Å². The van der Waals surface area contributed by atoms with Crippen molar-refractivity contribution >= 4 is 51.7 Å². The number of allylic oxidation sites excluding steroid dienone is 1. The quantitative estimate of drug-likeness (QED) is 0.310. The molecule has 0 spiro atoms. The molecule has 0 unspecified atom stereocenters. The minimum atomic E-state index is -0.636. The molecule has 2 aromatic heterocycles. The molecule has 2 aliphatic heterocycles. The summed E-state index contributed by atoms with van der Waals surface area (Å²) in [5, 5.41) is 1.54. The van der Waals surface area contributed by atoms with Gasteiger partial charge >= 0.3 is 0 Å². The van der Waals surface area contributed by atoms with Crippen LogP contribution in [-0.2, 0) is 16.1 Å². The molecule has 0 radical (unpaired) electrons. The van der Waals surface area contributed by atoms with Gasteiger partial charge in [-0.3, -0.25) is 19.0 Å². The Labute approximate surface area is 258 Å². The lowest BCUT2D eigenvalue weighted by molar-refractivity contribution is -0.130. The molecule has 2 aromatic carbocycles. The van der Waals surface area contributed by atoms with Crippen molar-refractivity contribution in [3.8, 4) is 0 Å². The van der Waals surface area contributed by atoms with Gasteiger partial charge in [0.15, 0.2) is 4.80 Å². The maximum absolute atomic E-state index is 14.2. The van der Waals surface area contributed by atoms with E-state index in [2.05, 4.69) is 0 Å². The standard InChI is InChI=1S/C33H34ClN5O3S/c1-4-36(5-2)32(42)29-21(3)35-33-39(30(29)22-12-14-24(34)15-13-22)31(41)27(43-33)18-23-19-38(26-11-7-6-10-25(23)26)20-28(40)37-16-8-9-17-37/h6-7,10-15,18-19,30H,4-5,8-9,16-17,20H2,1-3H3/b27-18-/t30-/m1/s1. The van der Waals surface area contributed by atoms with Crippen LogP contribution in [0.5, 0.6) is 0 Å². The number of hydrogen-bond donors (Lipinski definition) is 0. The van der Waals surface area contributed by atoms with E-state index < -0.39 is 6.04 Å². The fourth-order valence-corrected chi connectivity index (χ4v) is 7.27. The van der Waals surface area contributed by atoms with Gasteiger partial charge in [0.25, 0.3) is 11.5 Å². The summed E-state index contributed by atoms with van der Waals surface area (Å²) in [7, 11) is 0. The molecule has 4 heterocycles. The fraction of sp³-hybridized carbons (Fsp3) is 0.333. The highest BCUT2D eigenvalue weighted by atomic mass is 35.5. The molecule has 6 rings (SSSR count). The fourth-order valence-electron chi connectivity index (χ4n) is 6.11. The number of aromatic nitrogens is 2. The first-order valence-corrected chi connectivity index (χ1v) is 15.9.